The molecule has 0 aliphatic carbocycles. The molecule has 0 saturated carbocycles. The van der Waals surface area contributed by atoms with Gasteiger partial charge in [0, 0.05) is 0 Å². The van der Waals surface area contributed by atoms with Crippen LogP contribution in [-0.4, -0.2) is 39.9 Å². The first-order chi connectivity index (χ1) is 4.91. The molecular formula is C5H11NO5. The van der Waals surface area contributed by atoms with Crippen LogP contribution in [0.5, 0.6) is 0 Å². The molecule has 0 fully saturated rings. The SMILES string of the molecule is CC(N)C(=O)O.O=C(O)CO. The number of hydrogen-bond donors (Lipinski definition) is 4. The van der Waals surface area contributed by atoms with Crippen LogP contribution in [0.2, 0.25) is 0 Å². The molecule has 6 heteroatoms. The summed E-state index contributed by atoms with van der Waals surface area (Å²) < 4.78 is 0. The second-order valence-corrected chi connectivity index (χ2v) is 1.68. The van der Waals surface area contributed by atoms with E-state index in [1.54, 1.807) is 0 Å². The first kappa shape index (κ1) is 12.5. The zero-order valence-electron chi connectivity index (χ0n) is 6.02. The number of rotatable bonds is 2. The van der Waals surface area contributed by atoms with Gasteiger partial charge in [0.2, 0.25) is 0 Å². The number of aliphatic hydroxyl groups is 1. The van der Waals surface area contributed by atoms with Crippen LogP contribution in [0.15, 0.2) is 0 Å². The van der Waals surface area contributed by atoms with E-state index >= 15 is 0 Å². The Balaban J connectivity index is 0. The lowest BCUT2D eigenvalue weighted by molar-refractivity contribution is -0.140. The molecule has 0 aromatic carbocycles. The van der Waals surface area contributed by atoms with Crippen molar-refractivity contribution in [1.29, 1.82) is 0 Å². The molecule has 0 rings (SSSR count). The van der Waals surface area contributed by atoms with Crippen molar-refractivity contribution in [3.05, 3.63) is 0 Å². The molecule has 0 amide bonds. The molecule has 5 N–H and O–H groups in total. The highest BCUT2D eigenvalue weighted by atomic mass is 16.4. The Bertz CT molecular complexity index is 133. The summed E-state index contributed by atoms with van der Waals surface area (Å²) in [5.41, 5.74) is 4.84. The minimum Gasteiger partial charge on any atom is -0.480 e. The van der Waals surface area contributed by atoms with Gasteiger partial charge in [-0.05, 0) is 6.92 Å². The Morgan fingerprint density at radius 2 is 1.64 bits per heavy atom. The molecular weight excluding hydrogens is 154 g/mol. The highest BCUT2D eigenvalue weighted by Crippen LogP contribution is 1.68. The van der Waals surface area contributed by atoms with E-state index in [-0.39, 0.29) is 0 Å². The average molecular weight is 165 g/mol. The maximum absolute atomic E-state index is 9.57. The molecule has 0 aliphatic heterocycles. The van der Waals surface area contributed by atoms with Gasteiger partial charge in [-0.2, -0.15) is 0 Å². The van der Waals surface area contributed by atoms with E-state index in [4.69, 9.17) is 25.8 Å². The molecule has 0 saturated heterocycles. The van der Waals surface area contributed by atoms with Gasteiger partial charge < -0.3 is 21.1 Å². The molecule has 1 atom stereocenters. The molecule has 0 aromatic heterocycles. The van der Waals surface area contributed by atoms with E-state index < -0.39 is 24.6 Å². The van der Waals surface area contributed by atoms with Crippen LogP contribution in [0.1, 0.15) is 6.92 Å². The van der Waals surface area contributed by atoms with E-state index in [1.807, 2.05) is 0 Å². The largest absolute Gasteiger partial charge is 0.480 e. The van der Waals surface area contributed by atoms with Crippen LogP contribution in [-0.2, 0) is 9.59 Å². The lowest BCUT2D eigenvalue weighted by atomic mass is 10.4. The van der Waals surface area contributed by atoms with E-state index in [1.165, 1.54) is 6.92 Å². The Labute approximate surface area is 63.3 Å². The van der Waals surface area contributed by atoms with Crippen molar-refractivity contribution >= 4 is 11.9 Å². The average Bonchev–Trinajstić information content (AvgIpc) is 1.89. The number of carboxylic acid groups (broad SMARTS) is 2. The maximum Gasteiger partial charge on any atom is 0.329 e. The van der Waals surface area contributed by atoms with Crippen molar-refractivity contribution in [2.75, 3.05) is 6.61 Å². The monoisotopic (exact) mass is 165 g/mol. The minimum absolute atomic E-state index is 0.731. The zero-order valence-corrected chi connectivity index (χ0v) is 6.02. The molecule has 0 radical (unpaired) electrons. The van der Waals surface area contributed by atoms with Crippen molar-refractivity contribution in [2.45, 2.75) is 13.0 Å². The van der Waals surface area contributed by atoms with Crippen molar-refractivity contribution in [1.82, 2.24) is 0 Å². The van der Waals surface area contributed by atoms with Gasteiger partial charge in [0.15, 0.2) is 0 Å². The molecule has 0 spiro atoms. The third kappa shape index (κ3) is 17.7. The number of carboxylic acids is 2. The van der Waals surface area contributed by atoms with Gasteiger partial charge >= 0.3 is 11.9 Å². The van der Waals surface area contributed by atoms with E-state index in [2.05, 4.69) is 0 Å². The third-order valence-corrected chi connectivity index (χ3v) is 0.525. The second kappa shape index (κ2) is 6.97. The van der Waals surface area contributed by atoms with Crippen molar-refractivity contribution in [3.63, 3.8) is 0 Å². The summed E-state index contributed by atoms with van der Waals surface area (Å²) in [7, 11) is 0. The van der Waals surface area contributed by atoms with Crippen molar-refractivity contribution in [2.24, 2.45) is 5.73 Å². The third-order valence-electron chi connectivity index (χ3n) is 0.525. The van der Waals surface area contributed by atoms with Crippen LogP contribution in [0.3, 0.4) is 0 Å². The van der Waals surface area contributed by atoms with E-state index in [0.717, 1.165) is 0 Å². The molecule has 1 unspecified atom stereocenters. The highest BCUT2D eigenvalue weighted by molar-refractivity contribution is 5.72. The smallest absolute Gasteiger partial charge is 0.329 e. The van der Waals surface area contributed by atoms with Crippen molar-refractivity contribution < 1.29 is 24.9 Å². The highest BCUT2D eigenvalue weighted by Gasteiger charge is 1.99. The predicted molar refractivity (Wildman–Crippen MR) is 36.0 cm³/mol. The van der Waals surface area contributed by atoms with Gasteiger partial charge in [-0.25, -0.2) is 4.79 Å². The predicted octanol–water partition coefficient (Wildman–Crippen LogP) is -1.52. The minimum atomic E-state index is -1.19. The van der Waals surface area contributed by atoms with Gasteiger partial charge in [0.1, 0.15) is 12.6 Å². The van der Waals surface area contributed by atoms with Crippen molar-refractivity contribution in [3.8, 4) is 0 Å². The molecule has 0 heterocycles. The maximum atomic E-state index is 9.57. The fourth-order valence-corrected chi connectivity index (χ4v) is 0. The molecule has 66 valence electrons. The molecule has 0 aliphatic rings. The molecule has 0 bridgehead atoms. The van der Waals surface area contributed by atoms with E-state index in [0.29, 0.717) is 0 Å². The van der Waals surface area contributed by atoms with Crippen LogP contribution in [0.4, 0.5) is 0 Å². The number of carbonyl (C=O) groups is 2. The van der Waals surface area contributed by atoms with Crippen LogP contribution in [0.25, 0.3) is 0 Å². The summed E-state index contributed by atoms with van der Waals surface area (Å²) in [6, 6.07) is -0.731. The fraction of sp³-hybridized carbons (Fsp3) is 0.600. The topological polar surface area (TPSA) is 121 Å². The summed E-state index contributed by atoms with van der Waals surface area (Å²) in [5.74, 6) is -2.15. The lowest BCUT2D eigenvalue weighted by Crippen LogP contribution is -2.25. The van der Waals surface area contributed by atoms with Gasteiger partial charge in [0.05, 0.1) is 0 Å². The fourth-order valence-electron chi connectivity index (χ4n) is 0. The Morgan fingerprint density at radius 3 is 1.64 bits per heavy atom. The number of aliphatic carboxylic acids is 2. The Morgan fingerprint density at radius 1 is 1.45 bits per heavy atom. The first-order valence-corrected chi connectivity index (χ1v) is 2.72. The zero-order chi connectivity index (χ0) is 9.44. The number of hydrogen-bond acceptors (Lipinski definition) is 4. The quantitative estimate of drug-likeness (QED) is 0.394. The summed E-state index contributed by atoms with van der Waals surface area (Å²) in [5, 5.41) is 22.9. The lowest BCUT2D eigenvalue weighted by Gasteiger charge is -1.90. The summed E-state index contributed by atoms with van der Waals surface area (Å²) in [6.07, 6.45) is 0. The summed E-state index contributed by atoms with van der Waals surface area (Å²) >= 11 is 0. The molecule has 6 nitrogen and oxygen atoms in total. The van der Waals surface area contributed by atoms with Gasteiger partial charge in [0.25, 0.3) is 0 Å². The van der Waals surface area contributed by atoms with Crippen LogP contribution in [0, 0.1) is 0 Å². The van der Waals surface area contributed by atoms with Gasteiger partial charge in [-0.3, -0.25) is 4.79 Å². The first-order valence-electron chi connectivity index (χ1n) is 2.72. The normalized spacial score (nSPS) is 10.8. The standard InChI is InChI=1S/C3H7NO2.C2H4O3/c1-2(4)3(5)6;3-1-2(4)5/h2H,4H2,1H3,(H,5,6);3H,1H2,(H,4,5). The Hall–Kier alpha value is -1.14. The van der Waals surface area contributed by atoms with Crippen LogP contribution >= 0.6 is 0 Å². The molecule has 0 aromatic rings. The summed E-state index contributed by atoms with van der Waals surface area (Å²) in [4.78, 5) is 18.7. The van der Waals surface area contributed by atoms with Gasteiger partial charge in [-0.1, -0.05) is 0 Å². The van der Waals surface area contributed by atoms with Gasteiger partial charge in [-0.15, -0.1) is 0 Å². The summed E-state index contributed by atoms with van der Waals surface area (Å²) in [6.45, 7) is 0.641. The second-order valence-electron chi connectivity index (χ2n) is 1.68. The number of nitrogens with two attached hydrogens (primary N) is 1. The molecule has 11 heavy (non-hydrogen) atoms. The number of aliphatic hydroxyl groups excluding tert-OH is 1. The Kier molecular flexibility index (Phi) is 7.94. The van der Waals surface area contributed by atoms with E-state index in [9.17, 15) is 4.79 Å². The van der Waals surface area contributed by atoms with Crippen LogP contribution < -0.4 is 5.73 Å².